The first-order valence-electron chi connectivity index (χ1n) is 13.3. The lowest BCUT2D eigenvalue weighted by molar-refractivity contribution is -0.128. The van der Waals surface area contributed by atoms with Crippen molar-refractivity contribution in [2.75, 3.05) is 30.5 Å². The van der Waals surface area contributed by atoms with Gasteiger partial charge in [0, 0.05) is 15.6 Å². The molecule has 2 N–H and O–H groups in total. The zero-order valence-electron chi connectivity index (χ0n) is 23.5. The van der Waals surface area contributed by atoms with Crippen LogP contribution in [0.1, 0.15) is 22.8 Å². The molecule has 0 saturated heterocycles. The SMILES string of the molecule is CN[C@@H](C)C(=O)N[C@H]1CN(C(=O)c2ccccc2)c2ccccc2N(Cc2c(OC)ccc3cc(Br)ccc23)C1=O.Cl. The Labute approximate surface area is 259 Å². The fraction of sp³-hybridized carbons (Fsp3) is 0.219. The van der Waals surface area contributed by atoms with Crippen LogP contribution in [-0.2, 0) is 16.1 Å². The third-order valence-corrected chi connectivity index (χ3v) is 7.88. The van der Waals surface area contributed by atoms with E-state index in [1.54, 1.807) is 55.1 Å². The van der Waals surface area contributed by atoms with E-state index in [2.05, 4.69) is 26.6 Å². The van der Waals surface area contributed by atoms with E-state index in [-0.39, 0.29) is 43.2 Å². The van der Waals surface area contributed by atoms with Gasteiger partial charge in [0.25, 0.3) is 11.8 Å². The Hall–Kier alpha value is -3.92. The number of fused-ring (bicyclic) bond motifs is 2. The summed E-state index contributed by atoms with van der Waals surface area (Å²) >= 11 is 3.54. The van der Waals surface area contributed by atoms with Gasteiger partial charge in [-0.1, -0.05) is 58.4 Å². The van der Waals surface area contributed by atoms with Gasteiger partial charge in [0.2, 0.25) is 5.91 Å². The number of hydrogen-bond acceptors (Lipinski definition) is 5. The Bertz CT molecular complexity index is 1620. The molecule has 1 aliphatic heterocycles. The van der Waals surface area contributed by atoms with Gasteiger partial charge in [-0.2, -0.15) is 0 Å². The number of benzene rings is 4. The quantitative estimate of drug-likeness (QED) is 0.283. The van der Waals surface area contributed by atoms with Gasteiger partial charge in [-0.15, -0.1) is 12.4 Å². The second-order valence-corrected chi connectivity index (χ2v) is 10.8. The molecule has 5 rings (SSSR count). The summed E-state index contributed by atoms with van der Waals surface area (Å²) in [6.45, 7) is 1.86. The van der Waals surface area contributed by atoms with Crippen LogP contribution in [0.25, 0.3) is 10.8 Å². The molecule has 0 aliphatic carbocycles. The molecule has 0 fully saturated rings. The van der Waals surface area contributed by atoms with E-state index in [0.717, 1.165) is 20.8 Å². The molecule has 0 radical (unpaired) electrons. The number of methoxy groups -OCH3 is 1. The number of hydrogen-bond donors (Lipinski definition) is 2. The van der Waals surface area contributed by atoms with Crippen LogP contribution < -0.4 is 25.2 Å². The van der Waals surface area contributed by atoms with Gasteiger partial charge >= 0.3 is 0 Å². The van der Waals surface area contributed by atoms with Crippen molar-refractivity contribution in [3.05, 3.63) is 101 Å². The fourth-order valence-corrected chi connectivity index (χ4v) is 5.45. The number of nitrogens with one attached hydrogen (secondary N) is 2. The minimum absolute atomic E-state index is 0. The van der Waals surface area contributed by atoms with Crippen LogP contribution in [0.15, 0.2) is 89.4 Å². The molecule has 3 amide bonds. The first-order valence-corrected chi connectivity index (χ1v) is 14.1. The smallest absolute Gasteiger partial charge is 0.258 e. The monoisotopic (exact) mass is 650 g/mol. The molecule has 0 unspecified atom stereocenters. The van der Waals surface area contributed by atoms with Crippen LogP contribution in [0, 0.1) is 0 Å². The number of likely N-dealkylation sites (N-methyl/N-ethyl adjacent to an activating group) is 1. The van der Waals surface area contributed by atoms with Crippen LogP contribution >= 0.6 is 28.3 Å². The van der Waals surface area contributed by atoms with Crippen LogP contribution in [0.3, 0.4) is 0 Å². The van der Waals surface area contributed by atoms with Gasteiger partial charge in [-0.25, -0.2) is 0 Å². The highest BCUT2D eigenvalue weighted by Gasteiger charge is 2.38. The molecule has 10 heteroatoms. The lowest BCUT2D eigenvalue weighted by Gasteiger charge is -2.27. The number of carbonyl (C=O) groups excluding carboxylic acids is 3. The summed E-state index contributed by atoms with van der Waals surface area (Å²) in [7, 11) is 3.28. The Kier molecular flexibility index (Phi) is 9.88. The fourth-order valence-electron chi connectivity index (χ4n) is 5.07. The molecular weight excluding hydrogens is 620 g/mol. The molecule has 0 spiro atoms. The number of rotatable bonds is 7. The van der Waals surface area contributed by atoms with Crippen LogP contribution in [0.5, 0.6) is 5.75 Å². The van der Waals surface area contributed by atoms with Crippen LogP contribution in [0.2, 0.25) is 0 Å². The highest BCUT2D eigenvalue weighted by atomic mass is 79.9. The number of anilines is 2. The van der Waals surface area contributed by atoms with Crippen LogP contribution in [0.4, 0.5) is 11.4 Å². The first kappa shape index (κ1) is 31.0. The molecule has 1 heterocycles. The molecule has 0 saturated carbocycles. The lowest BCUT2D eigenvalue weighted by Crippen LogP contribution is -2.55. The molecule has 42 heavy (non-hydrogen) atoms. The topological polar surface area (TPSA) is 91.0 Å². The summed E-state index contributed by atoms with van der Waals surface area (Å²) in [6.07, 6.45) is 0. The predicted molar refractivity (Wildman–Crippen MR) is 172 cm³/mol. The van der Waals surface area contributed by atoms with Crippen molar-refractivity contribution in [1.29, 1.82) is 0 Å². The maximum Gasteiger partial charge on any atom is 0.258 e. The number of amides is 3. The maximum atomic E-state index is 14.4. The molecule has 0 aromatic heterocycles. The summed E-state index contributed by atoms with van der Waals surface area (Å²) < 4.78 is 6.68. The van der Waals surface area contributed by atoms with Gasteiger partial charge in [0.1, 0.15) is 11.8 Å². The molecule has 218 valence electrons. The zero-order valence-corrected chi connectivity index (χ0v) is 25.9. The van der Waals surface area contributed by atoms with E-state index in [1.807, 2.05) is 60.7 Å². The molecular formula is C32H32BrClN4O4. The number of para-hydroxylation sites is 2. The second-order valence-electron chi connectivity index (χ2n) is 9.88. The van der Waals surface area contributed by atoms with Crippen molar-refractivity contribution in [1.82, 2.24) is 10.6 Å². The van der Waals surface area contributed by atoms with Crippen molar-refractivity contribution in [3.63, 3.8) is 0 Å². The standard InChI is InChI=1S/C32H31BrN4O4.ClH/c1-20(34-2)30(38)35-26-19-37(31(39)21-9-5-4-6-10-21)28-12-8-7-11-27(28)36(32(26)40)18-25-24-15-14-23(33)17-22(24)13-16-29(25)41-3;/h4-17,20,26,34H,18-19H2,1-3H3,(H,35,38);1H/t20-,26-;/m0./s1. The Morgan fingerprint density at radius 2 is 1.69 bits per heavy atom. The van der Waals surface area contributed by atoms with Gasteiger partial charge in [0.15, 0.2) is 0 Å². The summed E-state index contributed by atoms with van der Waals surface area (Å²) in [5.41, 5.74) is 2.45. The van der Waals surface area contributed by atoms with Crippen molar-refractivity contribution in [2.24, 2.45) is 0 Å². The number of nitrogens with zero attached hydrogens (tertiary/aromatic N) is 2. The van der Waals surface area contributed by atoms with Gasteiger partial charge in [-0.3, -0.25) is 14.4 Å². The molecule has 8 nitrogen and oxygen atoms in total. The third kappa shape index (κ3) is 6.13. The van der Waals surface area contributed by atoms with E-state index in [0.29, 0.717) is 22.7 Å². The van der Waals surface area contributed by atoms with Gasteiger partial charge < -0.3 is 25.2 Å². The average molecular weight is 652 g/mol. The molecule has 0 bridgehead atoms. The number of halogens is 2. The van der Waals surface area contributed by atoms with Crippen molar-refractivity contribution in [3.8, 4) is 5.75 Å². The van der Waals surface area contributed by atoms with Crippen molar-refractivity contribution >= 4 is 68.2 Å². The average Bonchev–Trinajstić information content (AvgIpc) is 3.11. The zero-order chi connectivity index (χ0) is 29.1. The van der Waals surface area contributed by atoms with E-state index in [9.17, 15) is 14.4 Å². The van der Waals surface area contributed by atoms with E-state index in [4.69, 9.17) is 4.74 Å². The Morgan fingerprint density at radius 1 is 1.00 bits per heavy atom. The highest BCUT2D eigenvalue weighted by molar-refractivity contribution is 9.10. The van der Waals surface area contributed by atoms with Crippen molar-refractivity contribution < 1.29 is 19.1 Å². The minimum atomic E-state index is -0.992. The second kappa shape index (κ2) is 13.4. The normalized spacial score (nSPS) is 15.3. The lowest BCUT2D eigenvalue weighted by atomic mass is 10.0. The van der Waals surface area contributed by atoms with Gasteiger partial charge in [0.05, 0.1) is 37.6 Å². The molecule has 2 atom stereocenters. The Morgan fingerprint density at radius 3 is 2.38 bits per heavy atom. The number of ether oxygens (including phenoxy) is 1. The van der Waals surface area contributed by atoms with E-state index >= 15 is 0 Å². The van der Waals surface area contributed by atoms with E-state index in [1.165, 1.54) is 0 Å². The highest BCUT2D eigenvalue weighted by Crippen LogP contribution is 2.38. The Balaban J connectivity index is 0.00000405. The molecule has 4 aromatic rings. The van der Waals surface area contributed by atoms with Gasteiger partial charge in [-0.05, 0) is 67.2 Å². The number of carbonyl (C=O) groups is 3. The molecule has 1 aliphatic rings. The predicted octanol–water partition coefficient (Wildman–Crippen LogP) is 5.32. The summed E-state index contributed by atoms with van der Waals surface area (Å²) in [5, 5.41) is 7.73. The van der Waals surface area contributed by atoms with E-state index < -0.39 is 12.1 Å². The first-order chi connectivity index (χ1) is 19.8. The van der Waals surface area contributed by atoms with Crippen LogP contribution in [-0.4, -0.2) is 50.5 Å². The summed E-state index contributed by atoms with van der Waals surface area (Å²) in [4.78, 5) is 44.5. The van der Waals surface area contributed by atoms with Crippen molar-refractivity contribution in [2.45, 2.75) is 25.6 Å². The minimum Gasteiger partial charge on any atom is -0.496 e. The maximum absolute atomic E-state index is 14.4. The largest absolute Gasteiger partial charge is 0.496 e. The summed E-state index contributed by atoms with van der Waals surface area (Å²) in [6, 6.07) is 24.5. The summed E-state index contributed by atoms with van der Waals surface area (Å²) in [5.74, 6) is -0.290. The third-order valence-electron chi connectivity index (χ3n) is 7.39. The molecule has 4 aromatic carbocycles.